The van der Waals surface area contributed by atoms with Gasteiger partial charge in [-0.15, -0.1) is 0 Å². The number of piperidine rings is 1. The maximum Gasteiger partial charge on any atom is 0.337 e. The normalized spacial score (nSPS) is 15.8. The summed E-state index contributed by atoms with van der Waals surface area (Å²) in [4.78, 5) is 27.7. The van der Waals surface area contributed by atoms with Crippen molar-refractivity contribution in [1.82, 2.24) is 13.9 Å². The molecule has 0 spiro atoms. The van der Waals surface area contributed by atoms with E-state index in [0.29, 0.717) is 30.3 Å². The number of methoxy groups -OCH3 is 1. The first-order valence-electron chi connectivity index (χ1n) is 9.29. The van der Waals surface area contributed by atoms with E-state index in [1.54, 1.807) is 24.3 Å². The van der Waals surface area contributed by atoms with Crippen LogP contribution in [-0.2, 0) is 26.1 Å². The summed E-state index contributed by atoms with van der Waals surface area (Å²) in [5.74, 6) is -0.286. The number of benzene rings is 1. The minimum absolute atomic E-state index is 0.0534. The number of esters is 1. The Hall–Kier alpha value is -2.72. The molecule has 29 heavy (non-hydrogen) atoms. The number of aromatic nitrogens is 2. The minimum atomic E-state index is -3.65. The number of anilines is 1. The SMILES string of the molecule is COC(=O)c1ccc(NC(=O)Cn2cnc(S(=O)(=O)N3CCC(C)CC3)c2)cc1. The van der Waals surface area contributed by atoms with E-state index in [-0.39, 0.29) is 17.5 Å². The molecule has 0 unspecified atom stereocenters. The highest BCUT2D eigenvalue weighted by Gasteiger charge is 2.29. The molecule has 2 aromatic rings. The van der Waals surface area contributed by atoms with E-state index < -0.39 is 16.0 Å². The third-order valence-corrected chi connectivity index (χ3v) is 6.66. The molecule has 0 bridgehead atoms. The highest BCUT2D eigenvalue weighted by molar-refractivity contribution is 7.89. The Balaban J connectivity index is 1.61. The second kappa shape index (κ2) is 8.75. The first-order valence-corrected chi connectivity index (χ1v) is 10.7. The summed E-state index contributed by atoms with van der Waals surface area (Å²) >= 11 is 0. The van der Waals surface area contributed by atoms with Gasteiger partial charge in [0.25, 0.3) is 10.0 Å². The number of amides is 1. The van der Waals surface area contributed by atoms with Crippen molar-refractivity contribution in [2.75, 3.05) is 25.5 Å². The van der Waals surface area contributed by atoms with Gasteiger partial charge in [0.05, 0.1) is 19.0 Å². The standard InChI is InChI=1S/C19H24N4O5S/c1-14-7-9-23(10-8-14)29(26,27)18-12-22(13-20-18)11-17(24)21-16-5-3-15(4-6-16)19(25)28-2/h3-6,12-14H,7-11H2,1-2H3,(H,21,24). The first-order chi connectivity index (χ1) is 13.8. The number of hydrogen-bond donors (Lipinski definition) is 1. The van der Waals surface area contributed by atoms with Crippen LogP contribution in [-0.4, -0.2) is 54.3 Å². The van der Waals surface area contributed by atoms with Crippen LogP contribution in [0, 0.1) is 5.92 Å². The maximum atomic E-state index is 12.7. The Bertz CT molecular complexity index is 976. The highest BCUT2D eigenvalue weighted by Crippen LogP contribution is 2.22. The summed E-state index contributed by atoms with van der Waals surface area (Å²) in [6.07, 6.45) is 4.36. The number of sulfonamides is 1. The monoisotopic (exact) mass is 420 g/mol. The van der Waals surface area contributed by atoms with Crippen molar-refractivity contribution in [3.8, 4) is 0 Å². The molecule has 1 aromatic carbocycles. The number of carbonyl (C=O) groups excluding carboxylic acids is 2. The summed E-state index contributed by atoms with van der Waals surface area (Å²) in [7, 11) is -2.35. The van der Waals surface area contributed by atoms with Gasteiger partial charge in [-0.3, -0.25) is 4.79 Å². The zero-order valence-electron chi connectivity index (χ0n) is 16.4. The molecule has 1 aromatic heterocycles. The number of imidazole rings is 1. The van der Waals surface area contributed by atoms with Crippen molar-refractivity contribution in [3.05, 3.63) is 42.4 Å². The lowest BCUT2D eigenvalue weighted by atomic mass is 10.0. The molecule has 10 heteroatoms. The molecule has 9 nitrogen and oxygen atoms in total. The van der Waals surface area contributed by atoms with Crippen LogP contribution in [0.2, 0.25) is 0 Å². The Morgan fingerprint density at radius 3 is 2.48 bits per heavy atom. The summed E-state index contributed by atoms with van der Waals surface area (Å²) in [5.41, 5.74) is 0.889. The predicted octanol–water partition coefficient (Wildman–Crippen LogP) is 1.73. The fourth-order valence-electron chi connectivity index (χ4n) is 3.09. The average molecular weight is 420 g/mol. The smallest absolute Gasteiger partial charge is 0.337 e. The molecule has 1 amide bonds. The molecule has 1 fully saturated rings. The van der Waals surface area contributed by atoms with Gasteiger partial charge in [0, 0.05) is 25.0 Å². The van der Waals surface area contributed by atoms with Crippen LogP contribution in [0.1, 0.15) is 30.1 Å². The molecule has 0 radical (unpaired) electrons. The van der Waals surface area contributed by atoms with E-state index >= 15 is 0 Å². The molecule has 0 saturated carbocycles. The number of nitrogens with one attached hydrogen (secondary N) is 1. The molecule has 0 aliphatic carbocycles. The predicted molar refractivity (Wildman–Crippen MR) is 106 cm³/mol. The summed E-state index contributed by atoms with van der Waals surface area (Å²) in [6, 6.07) is 6.27. The van der Waals surface area contributed by atoms with Crippen LogP contribution < -0.4 is 5.32 Å². The quantitative estimate of drug-likeness (QED) is 0.713. The molecule has 2 heterocycles. The molecule has 1 N–H and O–H groups in total. The third kappa shape index (κ3) is 5.01. The van der Waals surface area contributed by atoms with Gasteiger partial charge in [0.2, 0.25) is 5.91 Å². The van der Waals surface area contributed by atoms with Gasteiger partial charge in [-0.25, -0.2) is 18.2 Å². The van der Waals surface area contributed by atoms with Gasteiger partial charge >= 0.3 is 5.97 Å². The fraction of sp³-hybridized carbons (Fsp3) is 0.421. The van der Waals surface area contributed by atoms with Crippen LogP contribution >= 0.6 is 0 Å². The highest BCUT2D eigenvalue weighted by atomic mass is 32.2. The van der Waals surface area contributed by atoms with Crippen molar-refractivity contribution in [2.24, 2.45) is 5.92 Å². The number of ether oxygens (including phenoxy) is 1. The van der Waals surface area contributed by atoms with E-state index in [9.17, 15) is 18.0 Å². The Kier molecular flexibility index (Phi) is 6.33. The van der Waals surface area contributed by atoms with Crippen LogP contribution in [0.15, 0.2) is 41.8 Å². The number of carbonyl (C=O) groups is 2. The van der Waals surface area contributed by atoms with E-state index in [1.807, 2.05) is 0 Å². The van der Waals surface area contributed by atoms with Crippen molar-refractivity contribution >= 4 is 27.6 Å². The van der Waals surface area contributed by atoms with E-state index in [4.69, 9.17) is 0 Å². The molecule has 1 aliphatic heterocycles. The molecule has 0 atom stereocenters. The Morgan fingerprint density at radius 1 is 1.21 bits per heavy atom. The first kappa shape index (κ1) is 21.0. The van der Waals surface area contributed by atoms with Crippen molar-refractivity contribution < 1.29 is 22.7 Å². The lowest BCUT2D eigenvalue weighted by molar-refractivity contribution is -0.116. The summed E-state index contributed by atoms with van der Waals surface area (Å²) in [5, 5.41) is 2.64. The molecular formula is C19H24N4O5S. The van der Waals surface area contributed by atoms with Gasteiger partial charge < -0.3 is 14.6 Å². The second-order valence-electron chi connectivity index (χ2n) is 7.09. The van der Waals surface area contributed by atoms with E-state index in [1.165, 1.54) is 28.5 Å². The Labute approximate surface area is 169 Å². The average Bonchev–Trinajstić information content (AvgIpc) is 3.17. The number of hydrogen-bond acceptors (Lipinski definition) is 6. The third-order valence-electron chi connectivity index (χ3n) is 4.87. The van der Waals surface area contributed by atoms with Crippen LogP contribution in [0.5, 0.6) is 0 Å². The van der Waals surface area contributed by atoms with Crippen molar-refractivity contribution in [1.29, 1.82) is 0 Å². The number of rotatable bonds is 6. The fourth-order valence-corrected chi connectivity index (χ4v) is 4.50. The summed E-state index contributed by atoms with van der Waals surface area (Å²) in [6.45, 7) is 3.00. The molecule has 1 saturated heterocycles. The molecule has 1 aliphatic rings. The lowest BCUT2D eigenvalue weighted by Gasteiger charge is -2.28. The topological polar surface area (TPSA) is 111 Å². The van der Waals surface area contributed by atoms with Crippen molar-refractivity contribution in [2.45, 2.75) is 31.3 Å². The number of nitrogens with zero attached hydrogens (tertiary/aromatic N) is 3. The van der Waals surface area contributed by atoms with Crippen LogP contribution in [0.4, 0.5) is 5.69 Å². The van der Waals surface area contributed by atoms with Crippen LogP contribution in [0.25, 0.3) is 0 Å². The second-order valence-corrected chi connectivity index (χ2v) is 8.97. The van der Waals surface area contributed by atoms with Gasteiger partial charge in [0.15, 0.2) is 5.03 Å². The molecular weight excluding hydrogens is 396 g/mol. The largest absolute Gasteiger partial charge is 0.465 e. The van der Waals surface area contributed by atoms with Crippen LogP contribution in [0.3, 0.4) is 0 Å². The van der Waals surface area contributed by atoms with Gasteiger partial charge in [-0.1, -0.05) is 6.92 Å². The lowest BCUT2D eigenvalue weighted by Crippen LogP contribution is -2.38. The van der Waals surface area contributed by atoms with E-state index in [0.717, 1.165) is 12.8 Å². The zero-order valence-corrected chi connectivity index (χ0v) is 17.2. The van der Waals surface area contributed by atoms with Crippen molar-refractivity contribution in [3.63, 3.8) is 0 Å². The zero-order chi connectivity index (χ0) is 21.0. The molecule has 156 valence electrons. The molecule has 3 rings (SSSR count). The van der Waals surface area contributed by atoms with Gasteiger partial charge in [0.1, 0.15) is 6.54 Å². The Morgan fingerprint density at radius 2 is 1.86 bits per heavy atom. The maximum absolute atomic E-state index is 12.7. The van der Waals surface area contributed by atoms with Gasteiger partial charge in [-0.2, -0.15) is 4.31 Å². The summed E-state index contributed by atoms with van der Waals surface area (Å²) < 4.78 is 32.9. The minimum Gasteiger partial charge on any atom is -0.465 e. The van der Waals surface area contributed by atoms with E-state index in [2.05, 4.69) is 22.0 Å². The van der Waals surface area contributed by atoms with Gasteiger partial charge in [-0.05, 0) is 43.0 Å².